The summed E-state index contributed by atoms with van der Waals surface area (Å²) < 4.78 is 0. The molecule has 0 saturated heterocycles. The van der Waals surface area contributed by atoms with Crippen molar-refractivity contribution in [3.05, 3.63) is 42.5 Å². The van der Waals surface area contributed by atoms with Gasteiger partial charge in [-0.2, -0.15) is 0 Å². The van der Waals surface area contributed by atoms with E-state index in [1.165, 1.54) is 5.39 Å². The second-order valence-electron chi connectivity index (χ2n) is 5.10. The molecule has 1 atom stereocenters. The number of nitrogens with one attached hydrogen (secondary N) is 1. The van der Waals surface area contributed by atoms with Crippen LogP contribution in [0.1, 0.15) is 19.3 Å². The van der Waals surface area contributed by atoms with Crippen molar-refractivity contribution in [1.29, 1.82) is 0 Å². The van der Waals surface area contributed by atoms with E-state index < -0.39 is 0 Å². The molecule has 0 bridgehead atoms. The van der Waals surface area contributed by atoms with Crippen LogP contribution in [0.2, 0.25) is 0 Å². The molecule has 7 N–H and O–H groups in total. The number of amides is 1. The number of hydrogen-bond donors (Lipinski definition) is 3. The number of carbonyl (C=O) groups excluding carboxylic acids is 1. The van der Waals surface area contributed by atoms with Crippen molar-refractivity contribution >= 4 is 22.4 Å². The number of anilines is 1. The van der Waals surface area contributed by atoms with E-state index in [4.69, 9.17) is 0 Å². The van der Waals surface area contributed by atoms with Crippen molar-refractivity contribution in [1.82, 2.24) is 0 Å². The van der Waals surface area contributed by atoms with E-state index in [0.717, 1.165) is 36.9 Å². The van der Waals surface area contributed by atoms with Crippen LogP contribution in [0, 0.1) is 0 Å². The minimum atomic E-state index is -0.201. The van der Waals surface area contributed by atoms with Gasteiger partial charge in [-0.1, -0.05) is 30.3 Å². The van der Waals surface area contributed by atoms with Crippen molar-refractivity contribution in [2.45, 2.75) is 25.3 Å². The van der Waals surface area contributed by atoms with Gasteiger partial charge in [-0.3, -0.25) is 4.79 Å². The van der Waals surface area contributed by atoms with Crippen LogP contribution in [-0.2, 0) is 4.79 Å². The second kappa shape index (κ2) is 7.03. The largest absolute Gasteiger partial charge is 0.358 e. The van der Waals surface area contributed by atoms with Crippen LogP contribution in [0.4, 0.5) is 5.69 Å². The average molecular weight is 273 g/mol. The van der Waals surface area contributed by atoms with Gasteiger partial charge in [0.05, 0.1) is 6.54 Å². The van der Waals surface area contributed by atoms with Crippen molar-refractivity contribution in [3.63, 3.8) is 0 Å². The molecule has 0 fully saturated rings. The van der Waals surface area contributed by atoms with Gasteiger partial charge < -0.3 is 16.8 Å². The lowest BCUT2D eigenvalue weighted by molar-refractivity contribution is -0.405. The fourth-order valence-electron chi connectivity index (χ4n) is 2.21. The molecule has 4 nitrogen and oxygen atoms in total. The summed E-state index contributed by atoms with van der Waals surface area (Å²) >= 11 is 0. The minimum Gasteiger partial charge on any atom is -0.358 e. The quantitative estimate of drug-likeness (QED) is 0.668. The number of rotatable bonds is 6. The van der Waals surface area contributed by atoms with Gasteiger partial charge in [-0.05, 0) is 35.7 Å². The number of hydrogen-bond acceptors (Lipinski definition) is 1. The molecule has 2 aromatic rings. The topological polar surface area (TPSA) is 84.4 Å². The van der Waals surface area contributed by atoms with Crippen molar-refractivity contribution in [2.75, 3.05) is 11.9 Å². The van der Waals surface area contributed by atoms with Crippen LogP contribution in [0.5, 0.6) is 0 Å². The lowest BCUT2D eigenvalue weighted by atomic mass is 10.1. The first-order valence-electron chi connectivity index (χ1n) is 7.12. The molecule has 0 unspecified atom stereocenters. The van der Waals surface area contributed by atoms with Gasteiger partial charge in [-0.15, -0.1) is 0 Å². The fourth-order valence-corrected chi connectivity index (χ4v) is 2.21. The normalized spacial score (nSPS) is 12.3. The molecule has 2 aromatic carbocycles. The fraction of sp³-hybridized carbons (Fsp3) is 0.312. The highest BCUT2D eigenvalue weighted by Gasteiger charge is 2.16. The Hall–Kier alpha value is -1.91. The molecule has 20 heavy (non-hydrogen) atoms. The molecule has 0 aromatic heterocycles. The lowest BCUT2D eigenvalue weighted by Gasteiger charge is -2.10. The van der Waals surface area contributed by atoms with Crippen LogP contribution >= 0.6 is 0 Å². The van der Waals surface area contributed by atoms with E-state index in [-0.39, 0.29) is 11.9 Å². The third-order valence-electron chi connectivity index (χ3n) is 3.44. The number of unbranched alkanes of at least 4 members (excludes halogenated alkanes) is 1. The molecular formula is C16H23N3O+2. The van der Waals surface area contributed by atoms with Crippen LogP contribution in [-0.4, -0.2) is 18.5 Å². The van der Waals surface area contributed by atoms with Crippen LogP contribution in [0.3, 0.4) is 0 Å². The highest BCUT2D eigenvalue weighted by atomic mass is 16.2. The van der Waals surface area contributed by atoms with E-state index in [9.17, 15) is 4.79 Å². The molecule has 0 aliphatic carbocycles. The first kappa shape index (κ1) is 14.5. The molecule has 1 amide bonds. The van der Waals surface area contributed by atoms with Crippen molar-refractivity contribution in [2.24, 2.45) is 0 Å². The van der Waals surface area contributed by atoms with E-state index in [1.54, 1.807) is 0 Å². The van der Waals surface area contributed by atoms with Crippen LogP contribution in [0.15, 0.2) is 42.5 Å². The molecule has 0 aliphatic heterocycles. The first-order chi connectivity index (χ1) is 9.70. The van der Waals surface area contributed by atoms with Gasteiger partial charge in [0.15, 0.2) is 6.04 Å². The van der Waals surface area contributed by atoms with E-state index >= 15 is 0 Å². The Morgan fingerprint density at radius 3 is 2.60 bits per heavy atom. The zero-order valence-corrected chi connectivity index (χ0v) is 11.8. The summed E-state index contributed by atoms with van der Waals surface area (Å²) in [5.41, 5.74) is 8.57. The Morgan fingerprint density at radius 2 is 1.85 bits per heavy atom. The first-order valence-corrected chi connectivity index (χ1v) is 7.12. The zero-order chi connectivity index (χ0) is 14.4. The third kappa shape index (κ3) is 3.79. The Labute approximate surface area is 119 Å². The summed E-state index contributed by atoms with van der Waals surface area (Å²) in [4.78, 5) is 12.1. The van der Waals surface area contributed by atoms with E-state index in [2.05, 4.69) is 22.9 Å². The summed E-state index contributed by atoms with van der Waals surface area (Å²) in [5.74, 6) is -0.00987. The number of fused-ring (bicyclic) bond motifs is 1. The molecule has 0 saturated carbocycles. The molecule has 106 valence electrons. The maximum Gasteiger partial charge on any atom is 0.282 e. The second-order valence-corrected chi connectivity index (χ2v) is 5.10. The maximum atomic E-state index is 12.1. The predicted octanol–water partition coefficient (Wildman–Crippen LogP) is 0.801. The molecule has 0 aliphatic rings. The average Bonchev–Trinajstić information content (AvgIpc) is 2.47. The van der Waals surface area contributed by atoms with Gasteiger partial charge in [0.1, 0.15) is 0 Å². The number of carbonyl (C=O) groups is 1. The standard InChI is InChI=1S/C16H21N3O/c17-10-4-3-7-15(18)16(20)19-14-9-8-12-5-1-2-6-13(12)11-14/h1-2,5-6,8-9,11,15H,3-4,7,10,17-18H2,(H,19,20)/p+2/t15-/m0/s1. The maximum absolute atomic E-state index is 12.1. The van der Waals surface area contributed by atoms with Gasteiger partial charge >= 0.3 is 0 Å². The summed E-state index contributed by atoms with van der Waals surface area (Å²) in [6.07, 6.45) is 2.87. The summed E-state index contributed by atoms with van der Waals surface area (Å²) in [6, 6.07) is 13.9. The molecule has 0 heterocycles. The van der Waals surface area contributed by atoms with E-state index in [1.807, 2.05) is 36.4 Å². The van der Waals surface area contributed by atoms with Crippen molar-refractivity contribution < 1.29 is 16.3 Å². The molecule has 2 rings (SSSR count). The monoisotopic (exact) mass is 273 g/mol. The Kier molecular flexibility index (Phi) is 5.09. The minimum absolute atomic E-state index is 0.00987. The summed E-state index contributed by atoms with van der Waals surface area (Å²) in [6.45, 7) is 0.916. The smallest absolute Gasteiger partial charge is 0.282 e. The van der Waals surface area contributed by atoms with Crippen LogP contribution < -0.4 is 16.8 Å². The Morgan fingerprint density at radius 1 is 1.10 bits per heavy atom. The lowest BCUT2D eigenvalue weighted by Crippen LogP contribution is -2.66. The number of quaternary nitrogens is 2. The Bertz CT molecular complexity index is 583. The third-order valence-corrected chi connectivity index (χ3v) is 3.44. The molecular weight excluding hydrogens is 250 g/mol. The van der Waals surface area contributed by atoms with Gasteiger partial charge in [0, 0.05) is 12.1 Å². The van der Waals surface area contributed by atoms with Gasteiger partial charge in [0.25, 0.3) is 5.91 Å². The SMILES string of the molecule is [NH3+]CCCC[C@H]([NH3+])C(=O)Nc1ccc2ccccc2c1. The molecule has 0 radical (unpaired) electrons. The van der Waals surface area contributed by atoms with E-state index in [0.29, 0.717) is 0 Å². The summed E-state index contributed by atoms with van der Waals surface area (Å²) in [5, 5.41) is 5.24. The van der Waals surface area contributed by atoms with Gasteiger partial charge in [-0.25, -0.2) is 0 Å². The highest BCUT2D eigenvalue weighted by molar-refractivity contribution is 5.96. The van der Waals surface area contributed by atoms with Gasteiger partial charge in [0.2, 0.25) is 0 Å². The zero-order valence-electron chi connectivity index (χ0n) is 11.8. The molecule has 4 heteroatoms. The van der Waals surface area contributed by atoms with Crippen molar-refractivity contribution in [3.8, 4) is 0 Å². The molecule has 0 spiro atoms. The summed E-state index contributed by atoms with van der Waals surface area (Å²) in [7, 11) is 0. The predicted molar refractivity (Wildman–Crippen MR) is 80.9 cm³/mol. The van der Waals surface area contributed by atoms with Crippen LogP contribution in [0.25, 0.3) is 10.8 Å². The highest BCUT2D eigenvalue weighted by Crippen LogP contribution is 2.18. The Balaban J connectivity index is 1.98. The number of benzene rings is 2.